The second kappa shape index (κ2) is 6.12. The highest BCUT2D eigenvalue weighted by Crippen LogP contribution is 2.11. The van der Waals surface area contributed by atoms with Gasteiger partial charge in [0.25, 0.3) is 0 Å². The van der Waals surface area contributed by atoms with E-state index in [1.165, 1.54) is 0 Å². The zero-order valence-electron chi connectivity index (χ0n) is 10.2. The van der Waals surface area contributed by atoms with Crippen LogP contribution in [0, 0.1) is 6.92 Å². The SMILES string of the molecule is Cc1nc(CCCC(=O)N2CCNCC2)cs1. The largest absolute Gasteiger partial charge is 0.340 e. The Labute approximate surface area is 106 Å². The van der Waals surface area contributed by atoms with Gasteiger partial charge in [0.1, 0.15) is 0 Å². The molecule has 2 heterocycles. The van der Waals surface area contributed by atoms with Crippen LogP contribution in [0.5, 0.6) is 0 Å². The van der Waals surface area contributed by atoms with E-state index in [-0.39, 0.29) is 0 Å². The lowest BCUT2D eigenvalue weighted by Gasteiger charge is -2.27. The molecule has 0 aliphatic carbocycles. The summed E-state index contributed by atoms with van der Waals surface area (Å²) in [5, 5.41) is 6.44. The minimum Gasteiger partial charge on any atom is -0.340 e. The molecule has 1 aromatic heterocycles. The Morgan fingerprint density at radius 1 is 1.53 bits per heavy atom. The van der Waals surface area contributed by atoms with Crippen molar-refractivity contribution in [1.29, 1.82) is 0 Å². The lowest BCUT2D eigenvalue weighted by atomic mass is 10.2. The Balaban J connectivity index is 1.69. The Kier molecular flexibility index (Phi) is 4.50. The van der Waals surface area contributed by atoms with E-state index in [1.54, 1.807) is 11.3 Å². The van der Waals surface area contributed by atoms with Crippen LogP contribution in [0.3, 0.4) is 0 Å². The van der Waals surface area contributed by atoms with Crippen molar-refractivity contribution in [3.05, 3.63) is 16.1 Å². The summed E-state index contributed by atoms with van der Waals surface area (Å²) in [6.07, 6.45) is 2.48. The second-order valence-corrected chi connectivity index (χ2v) is 5.40. The number of amides is 1. The summed E-state index contributed by atoms with van der Waals surface area (Å²) in [4.78, 5) is 18.2. The molecular weight excluding hydrogens is 234 g/mol. The fourth-order valence-electron chi connectivity index (χ4n) is 2.02. The molecule has 1 saturated heterocycles. The number of carbonyl (C=O) groups is 1. The zero-order valence-corrected chi connectivity index (χ0v) is 11.1. The van der Waals surface area contributed by atoms with Crippen LogP contribution in [-0.4, -0.2) is 42.0 Å². The van der Waals surface area contributed by atoms with Crippen molar-refractivity contribution < 1.29 is 4.79 Å². The number of rotatable bonds is 4. The van der Waals surface area contributed by atoms with E-state index in [2.05, 4.69) is 15.7 Å². The van der Waals surface area contributed by atoms with Gasteiger partial charge < -0.3 is 10.2 Å². The van der Waals surface area contributed by atoms with Gasteiger partial charge in [0.15, 0.2) is 0 Å². The summed E-state index contributed by atoms with van der Waals surface area (Å²) in [6, 6.07) is 0. The molecule has 1 N–H and O–H groups in total. The number of nitrogens with one attached hydrogen (secondary N) is 1. The van der Waals surface area contributed by atoms with Crippen LogP contribution < -0.4 is 5.32 Å². The van der Waals surface area contributed by atoms with Crippen molar-refractivity contribution in [3.63, 3.8) is 0 Å². The molecule has 0 saturated carbocycles. The third-order valence-electron chi connectivity index (χ3n) is 2.96. The van der Waals surface area contributed by atoms with Crippen molar-refractivity contribution in [1.82, 2.24) is 15.2 Å². The van der Waals surface area contributed by atoms with Crippen LogP contribution >= 0.6 is 11.3 Å². The van der Waals surface area contributed by atoms with Crippen LogP contribution in [0.25, 0.3) is 0 Å². The predicted octanol–water partition coefficient (Wildman–Crippen LogP) is 1.21. The van der Waals surface area contributed by atoms with E-state index in [1.807, 2.05) is 11.8 Å². The average Bonchev–Trinajstić information content (AvgIpc) is 2.76. The average molecular weight is 253 g/mol. The summed E-state index contributed by atoms with van der Waals surface area (Å²) >= 11 is 1.68. The number of nitrogens with zero attached hydrogens (tertiary/aromatic N) is 2. The van der Waals surface area contributed by atoms with Gasteiger partial charge in [0, 0.05) is 38.0 Å². The van der Waals surface area contributed by atoms with Crippen molar-refractivity contribution >= 4 is 17.2 Å². The molecule has 2 rings (SSSR count). The summed E-state index contributed by atoms with van der Waals surface area (Å²) in [5.41, 5.74) is 1.13. The van der Waals surface area contributed by atoms with Gasteiger partial charge >= 0.3 is 0 Å². The number of hydrogen-bond acceptors (Lipinski definition) is 4. The Morgan fingerprint density at radius 2 is 2.29 bits per heavy atom. The molecule has 1 aromatic rings. The molecule has 0 aromatic carbocycles. The molecule has 0 atom stereocenters. The standard InChI is InChI=1S/C12H19N3OS/c1-10-14-11(9-17-10)3-2-4-12(16)15-7-5-13-6-8-15/h9,13H,2-8H2,1H3. The Morgan fingerprint density at radius 3 is 2.94 bits per heavy atom. The topological polar surface area (TPSA) is 45.2 Å². The van der Waals surface area contributed by atoms with E-state index >= 15 is 0 Å². The molecule has 0 unspecified atom stereocenters. The van der Waals surface area contributed by atoms with Crippen LogP contribution in [0.4, 0.5) is 0 Å². The van der Waals surface area contributed by atoms with Gasteiger partial charge in [-0.2, -0.15) is 0 Å². The third kappa shape index (κ3) is 3.78. The Bertz CT molecular complexity index is 372. The van der Waals surface area contributed by atoms with E-state index < -0.39 is 0 Å². The first-order chi connectivity index (χ1) is 8.25. The number of hydrogen-bond donors (Lipinski definition) is 1. The molecular formula is C12H19N3OS. The Hall–Kier alpha value is -0.940. The molecule has 4 nitrogen and oxygen atoms in total. The summed E-state index contributed by atoms with van der Waals surface area (Å²) in [6.45, 7) is 5.58. The van der Waals surface area contributed by atoms with Gasteiger partial charge in [-0.3, -0.25) is 4.79 Å². The molecule has 1 amide bonds. The quantitative estimate of drug-likeness (QED) is 0.877. The molecule has 0 spiro atoms. The third-order valence-corrected chi connectivity index (χ3v) is 3.78. The highest BCUT2D eigenvalue weighted by molar-refractivity contribution is 7.09. The smallest absolute Gasteiger partial charge is 0.222 e. The fraction of sp³-hybridized carbons (Fsp3) is 0.667. The van der Waals surface area contributed by atoms with Crippen LogP contribution in [0.15, 0.2) is 5.38 Å². The molecule has 0 radical (unpaired) electrons. The number of aromatic nitrogens is 1. The molecule has 0 bridgehead atoms. The maximum Gasteiger partial charge on any atom is 0.222 e. The molecule has 5 heteroatoms. The fourth-order valence-corrected chi connectivity index (χ4v) is 2.66. The lowest BCUT2D eigenvalue weighted by molar-refractivity contribution is -0.131. The normalized spacial score (nSPS) is 16.2. The van der Waals surface area contributed by atoms with E-state index in [9.17, 15) is 4.79 Å². The van der Waals surface area contributed by atoms with Crippen molar-refractivity contribution in [2.75, 3.05) is 26.2 Å². The maximum absolute atomic E-state index is 11.9. The number of piperazine rings is 1. The molecule has 94 valence electrons. The zero-order chi connectivity index (χ0) is 12.1. The molecule has 17 heavy (non-hydrogen) atoms. The van der Waals surface area contributed by atoms with Gasteiger partial charge in [0.05, 0.1) is 10.7 Å². The highest BCUT2D eigenvalue weighted by atomic mass is 32.1. The van der Waals surface area contributed by atoms with E-state index in [0.717, 1.165) is 49.7 Å². The van der Waals surface area contributed by atoms with Gasteiger partial charge in [-0.1, -0.05) is 0 Å². The van der Waals surface area contributed by atoms with Gasteiger partial charge in [-0.25, -0.2) is 4.98 Å². The van der Waals surface area contributed by atoms with Gasteiger partial charge in [-0.15, -0.1) is 11.3 Å². The van der Waals surface area contributed by atoms with Crippen molar-refractivity contribution in [2.24, 2.45) is 0 Å². The second-order valence-electron chi connectivity index (χ2n) is 4.34. The summed E-state index contributed by atoms with van der Waals surface area (Å²) in [5.74, 6) is 0.290. The minimum absolute atomic E-state index is 0.290. The van der Waals surface area contributed by atoms with Crippen LogP contribution in [0.1, 0.15) is 23.5 Å². The van der Waals surface area contributed by atoms with E-state index in [4.69, 9.17) is 0 Å². The van der Waals surface area contributed by atoms with Crippen molar-refractivity contribution in [2.45, 2.75) is 26.2 Å². The highest BCUT2D eigenvalue weighted by Gasteiger charge is 2.15. The summed E-state index contributed by atoms with van der Waals surface area (Å²) in [7, 11) is 0. The first-order valence-corrected chi connectivity index (χ1v) is 7.03. The van der Waals surface area contributed by atoms with Crippen LogP contribution in [0.2, 0.25) is 0 Å². The van der Waals surface area contributed by atoms with Gasteiger partial charge in [-0.05, 0) is 19.8 Å². The molecule has 1 aliphatic rings. The maximum atomic E-state index is 11.9. The molecule has 1 aliphatic heterocycles. The summed E-state index contributed by atoms with van der Waals surface area (Å²) < 4.78 is 0. The minimum atomic E-state index is 0.290. The lowest BCUT2D eigenvalue weighted by Crippen LogP contribution is -2.46. The predicted molar refractivity (Wildman–Crippen MR) is 69.2 cm³/mol. The number of thiazole rings is 1. The van der Waals surface area contributed by atoms with Crippen molar-refractivity contribution in [3.8, 4) is 0 Å². The van der Waals surface area contributed by atoms with Crippen LogP contribution in [-0.2, 0) is 11.2 Å². The first kappa shape index (κ1) is 12.5. The first-order valence-electron chi connectivity index (χ1n) is 6.15. The monoisotopic (exact) mass is 253 g/mol. The van der Waals surface area contributed by atoms with E-state index in [0.29, 0.717) is 12.3 Å². The van der Waals surface area contributed by atoms with Gasteiger partial charge in [0.2, 0.25) is 5.91 Å². The number of carbonyl (C=O) groups excluding carboxylic acids is 1. The number of aryl methyl sites for hydroxylation is 2. The molecule has 1 fully saturated rings.